The van der Waals surface area contributed by atoms with Crippen molar-refractivity contribution in [3.05, 3.63) is 48.6 Å². The summed E-state index contributed by atoms with van der Waals surface area (Å²) in [6.45, 7) is 5.95. The molecule has 0 bridgehead atoms. The average molecular weight is 245 g/mol. The van der Waals surface area contributed by atoms with Gasteiger partial charge < -0.3 is 10.0 Å². The summed E-state index contributed by atoms with van der Waals surface area (Å²) in [4.78, 5) is 2.30. The van der Waals surface area contributed by atoms with Gasteiger partial charge in [0.1, 0.15) is 0 Å². The van der Waals surface area contributed by atoms with Crippen molar-refractivity contribution in [2.45, 2.75) is 24.9 Å². The highest BCUT2D eigenvalue weighted by Crippen LogP contribution is 2.30. The van der Waals surface area contributed by atoms with E-state index in [0.717, 1.165) is 25.9 Å². The van der Waals surface area contributed by atoms with Gasteiger partial charge in [-0.25, -0.2) is 0 Å². The van der Waals surface area contributed by atoms with Crippen molar-refractivity contribution in [2.24, 2.45) is 5.92 Å². The zero-order chi connectivity index (χ0) is 13.0. The highest BCUT2D eigenvalue weighted by atomic mass is 16.3. The molecule has 0 amide bonds. The molecule has 98 valence electrons. The van der Waals surface area contributed by atoms with Crippen LogP contribution in [-0.2, 0) is 6.42 Å². The lowest BCUT2D eigenvalue weighted by molar-refractivity contribution is -0.00385. The SMILES string of the molecule is C=CC(O)(Cc1ccccc1)C1CCCN(C)C1. The fourth-order valence-corrected chi connectivity index (χ4v) is 2.88. The first-order valence-corrected chi connectivity index (χ1v) is 6.72. The smallest absolute Gasteiger partial charge is 0.0905 e. The topological polar surface area (TPSA) is 23.5 Å². The number of nitrogens with zero attached hydrogens (tertiary/aromatic N) is 1. The second-order valence-electron chi connectivity index (χ2n) is 5.46. The molecule has 2 unspecified atom stereocenters. The van der Waals surface area contributed by atoms with Crippen molar-refractivity contribution in [3.8, 4) is 0 Å². The number of aliphatic hydroxyl groups is 1. The minimum Gasteiger partial charge on any atom is -0.385 e. The van der Waals surface area contributed by atoms with Crippen molar-refractivity contribution in [1.29, 1.82) is 0 Å². The number of hydrogen-bond donors (Lipinski definition) is 1. The zero-order valence-electron chi connectivity index (χ0n) is 11.2. The van der Waals surface area contributed by atoms with E-state index >= 15 is 0 Å². The second-order valence-corrected chi connectivity index (χ2v) is 5.46. The monoisotopic (exact) mass is 245 g/mol. The third kappa shape index (κ3) is 3.01. The Morgan fingerprint density at radius 1 is 1.44 bits per heavy atom. The molecule has 2 heteroatoms. The van der Waals surface area contributed by atoms with Gasteiger partial charge in [0.2, 0.25) is 0 Å². The van der Waals surface area contributed by atoms with Gasteiger partial charge in [-0.3, -0.25) is 0 Å². The normalized spacial score (nSPS) is 24.4. The molecule has 1 heterocycles. The van der Waals surface area contributed by atoms with Crippen LogP contribution >= 0.6 is 0 Å². The van der Waals surface area contributed by atoms with Gasteiger partial charge in [-0.2, -0.15) is 0 Å². The Morgan fingerprint density at radius 3 is 2.78 bits per heavy atom. The summed E-state index contributed by atoms with van der Waals surface area (Å²) in [6, 6.07) is 10.2. The Kier molecular flexibility index (Phi) is 4.20. The van der Waals surface area contributed by atoms with Crippen LogP contribution in [0.1, 0.15) is 18.4 Å². The van der Waals surface area contributed by atoms with Gasteiger partial charge in [0, 0.05) is 18.9 Å². The largest absolute Gasteiger partial charge is 0.385 e. The van der Waals surface area contributed by atoms with E-state index in [-0.39, 0.29) is 5.92 Å². The van der Waals surface area contributed by atoms with Crippen LogP contribution in [-0.4, -0.2) is 35.7 Å². The molecule has 1 saturated heterocycles. The van der Waals surface area contributed by atoms with E-state index in [9.17, 15) is 5.11 Å². The van der Waals surface area contributed by atoms with Crippen molar-refractivity contribution >= 4 is 0 Å². The molecule has 18 heavy (non-hydrogen) atoms. The molecule has 0 aromatic heterocycles. The van der Waals surface area contributed by atoms with Gasteiger partial charge in [-0.05, 0) is 32.0 Å². The molecule has 1 aliphatic heterocycles. The first kappa shape index (κ1) is 13.3. The van der Waals surface area contributed by atoms with E-state index in [1.54, 1.807) is 6.08 Å². The molecule has 1 N–H and O–H groups in total. The summed E-state index contributed by atoms with van der Waals surface area (Å²) >= 11 is 0. The number of benzene rings is 1. The summed E-state index contributed by atoms with van der Waals surface area (Å²) in [7, 11) is 2.12. The Labute approximate surface area is 110 Å². The quantitative estimate of drug-likeness (QED) is 0.824. The van der Waals surface area contributed by atoms with Gasteiger partial charge >= 0.3 is 0 Å². The van der Waals surface area contributed by atoms with Gasteiger partial charge in [0.25, 0.3) is 0 Å². The highest BCUT2D eigenvalue weighted by Gasteiger charge is 2.35. The Balaban J connectivity index is 2.12. The van der Waals surface area contributed by atoms with Crippen LogP contribution in [0.25, 0.3) is 0 Å². The first-order valence-electron chi connectivity index (χ1n) is 6.72. The van der Waals surface area contributed by atoms with Crippen LogP contribution in [0.4, 0.5) is 0 Å². The lowest BCUT2D eigenvalue weighted by Gasteiger charge is -2.39. The van der Waals surface area contributed by atoms with Crippen LogP contribution in [0.2, 0.25) is 0 Å². The molecular formula is C16H23NO. The third-order valence-electron chi connectivity index (χ3n) is 4.02. The Bertz CT molecular complexity index is 389. The zero-order valence-corrected chi connectivity index (χ0v) is 11.2. The molecule has 2 rings (SSSR count). The van der Waals surface area contributed by atoms with Crippen LogP contribution in [0, 0.1) is 5.92 Å². The summed E-state index contributed by atoms with van der Waals surface area (Å²) in [5.74, 6) is 0.286. The minimum absolute atomic E-state index is 0.286. The van der Waals surface area contributed by atoms with E-state index < -0.39 is 5.60 Å². The lowest BCUT2D eigenvalue weighted by Crippen LogP contribution is -2.46. The minimum atomic E-state index is -0.782. The molecule has 1 aliphatic rings. The average Bonchev–Trinajstić information content (AvgIpc) is 2.40. The van der Waals surface area contributed by atoms with E-state index in [1.807, 2.05) is 18.2 Å². The summed E-state index contributed by atoms with van der Waals surface area (Å²) < 4.78 is 0. The molecule has 0 radical (unpaired) electrons. The molecule has 1 aromatic carbocycles. The second kappa shape index (κ2) is 5.68. The third-order valence-corrected chi connectivity index (χ3v) is 4.02. The molecule has 1 aromatic rings. The van der Waals surface area contributed by atoms with Gasteiger partial charge in [-0.15, -0.1) is 6.58 Å². The number of piperidine rings is 1. The molecular weight excluding hydrogens is 222 g/mol. The molecule has 0 saturated carbocycles. The first-order chi connectivity index (χ1) is 8.64. The Hall–Kier alpha value is -1.12. The van der Waals surface area contributed by atoms with Crippen LogP contribution in [0.15, 0.2) is 43.0 Å². The number of likely N-dealkylation sites (tertiary alicyclic amines) is 1. The summed E-state index contributed by atoms with van der Waals surface area (Å²) in [5.41, 5.74) is 0.392. The van der Waals surface area contributed by atoms with E-state index in [2.05, 4.69) is 30.7 Å². The van der Waals surface area contributed by atoms with Crippen molar-refractivity contribution < 1.29 is 5.11 Å². The predicted octanol–water partition coefficient (Wildman–Crippen LogP) is 2.49. The van der Waals surface area contributed by atoms with Crippen LogP contribution in [0.5, 0.6) is 0 Å². The summed E-state index contributed by atoms with van der Waals surface area (Å²) in [5, 5.41) is 10.9. The molecule has 2 nitrogen and oxygen atoms in total. The highest BCUT2D eigenvalue weighted by molar-refractivity contribution is 5.20. The van der Waals surface area contributed by atoms with E-state index in [1.165, 1.54) is 5.56 Å². The predicted molar refractivity (Wildman–Crippen MR) is 75.5 cm³/mol. The lowest BCUT2D eigenvalue weighted by atomic mass is 9.78. The van der Waals surface area contributed by atoms with Crippen molar-refractivity contribution in [2.75, 3.05) is 20.1 Å². The fraction of sp³-hybridized carbons (Fsp3) is 0.500. The number of rotatable bonds is 4. The molecule has 2 atom stereocenters. The molecule has 0 aliphatic carbocycles. The molecule has 1 fully saturated rings. The van der Waals surface area contributed by atoms with E-state index in [0.29, 0.717) is 6.42 Å². The summed E-state index contributed by atoms with van der Waals surface area (Å²) in [6.07, 6.45) is 4.64. The van der Waals surface area contributed by atoms with Gasteiger partial charge in [-0.1, -0.05) is 36.4 Å². The van der Waals surface area contributed by atoms with Gasteiger partial charge in [0.15, 0.2) is 0 Å². The van der Waals surface area contributed by atoms with Crippen molar-refractivity contribution in [1.82, 2.24) is 4.90 Å². The van der Waals surface area contributed by atoms with E-state index in [4.69, 9.17) is 0 Å². The Morgan fingerprint density at radius 2 is 2.17 bits per heavy atom. The maximum Gasteiger partial charge on any atom is 0.0905 e. The van der Waals surface area contributed by atoms with Crippen LogP contribution in [0.3, 0.4) is 0 Å². The standard InChI is InChI=1S/C16H23NO/c1-3-16(18,12-14-8-5-4-6-9-14)15-10-7-11-17(2)13-15/h3-6,8-9,15,18H,1,7,10-13H2,2H3. The fourth-order valence-electron chi connectivity index (χ4n) is 2.88. The molecule has 0 spiro atoms. The van der Waals surface area contributed by atoms with Crippen LogP contribution < -0.4 is 0 Å². The van der Waals surface area contributed by atoms with Gasteiger partial charge in [0.05, 0.1) is 5.60 Å². The van der Waals surface area contributed by atoms with Crippen molar-refractivity contribution in [3.63, 3.8) is 0 Å². The maximum absolute atomic E-state index is 10.9. The number of hydrogen-bond acceptors (Lipinski definition) is 2. The maximum atomic E-state index is 10.9.